The molecule has 62 valence electrons. The normalized spacial score (nSPS) is 11.2. The molecule has 0 bridgehead atoms. The third kappa shape index (κ3) is 8.13. The molecule has 0 aromatic heterocycles. The van der Waals surface area contributed by atoms with Crippen LogP contribution >= 0.6 is 25.3 Å². The third-order valence-electron chi connectivity index (χ3n) is 0.757. The van der Waals surface area contributed by atoms with E-state index in [1.807, 2.05) is 0 Å². The number of thiol groups is 2. The Morgan fingerprint density at radius 1 is 1.70 bits per heavy atom. The summed E-state index contributed by atoms with van der Waals surface area (Å²) in [5.41, 5.74) is 5.08. The van der Waals surface area contributed by atoms with E-state index in [0.717, 1.165) is 0 Å². The molecule has 0 aliphatic carbocycles. The summed E-state index contributed by atoms with van der Waals surface area (Å²) in [6.07, 6.45) is 2.12. The Labute approximate surface area is 71.8 Å². The van der Waals surface area contributed by atoms with Crippen molar-refractivity contribution in [2.24, 2.45) is 5.73 Å². The molecule has 0 spiro atoms. The average Bonchev–Trinajstić information content (AvgIpc) is 1.93. The van der Waals surface area contributed by atoms with Crippen LogP contribution in [-0.2, 0) is 4.79 Å². The maximum absolute atomic E-state index is 9.93. The first-order valence-electron chi connectivity index (χ1n) is 2.72. The van der Waals surface area contributed by atoms with E-state index in [1.54, 1.807) is 6.26 Å². The maximum Gasteiger partial charge on any atom is 0.320 e. The van der Waals surface area contributed by atoms with Gasteiger partial charge in [-0.1, -0.05) is 0 Å². The number of rotatable bonds is 3. The molecule has 3 nitrogen and oxygen atoms in total. The van der Waals surface area contributed by atoms with Crippen molar-refractivity contribution in [3.63, 3.8) is 0 Å². The Morgan fingerprint density at radius 2 is 2.10 bits per heavy atom. The van der Waals surface area contributed by atoms with E-state index in [2.05, 4.69) is 25.3 Å². The Hall–Kier alpha value is 0.130. The molecule has 0 fully saturated rings. The molecule has 10 heavy (non-hydrogen) atoms. The predicted octanol–water partition coefficient (Wildman–Crippen LogP) is 0.264. The number of hydrogen-bond acceptors (Lipinski definition) is 4. The van der Waals surface area contributed by atoms with Crippen LogP contribution in [0.5, 0.6) is 0 Å². The number of hydrogen-bond donors (Lipinski definition) is 4. The zero-order valence-electron chi connectivity index (χ0n) is 5.82. The first-order valence-corrected chi connectivity index (χ1v) is 4.25. The second kappa shape index (κ2) is 9.13. The molecule has 0 rings (SSSR count). The third-order valence-corrected chi connectivity index (χ3v) is 1.02. The van der Waals surface area contributed by atoms with Gasteiger partial charge in [0.15, 0.2) is 0 Å². The van der Waals surface area contributed by atoms with Gasteiger partial charge in [-0.25, -0.2) is 0 Å². The molecule has 3 N–H and O–H groups in total. The predicted molar refractivity (Wildman–Crippen MR) is 49.0 cm³/mol. The summed E-state index contributed by atoms with van der Waals surface area (Å²) in [6, 6.07) is -0.743. The molecular weight excluding hydrogens is 170 g/mol. The van der Waals surface area contributed by atoms with Crippen molar-refractivity contribution in [2.75, 3.05) is 12.0 Å². The lowest BCUT2D eigenvalue weighted by molar-refractivity contribution is -0.138. The molecule has 0 unspecified atom stereocenters. The van der Waals surface area contributed by atoms with E-state index in [4.69, 9.17) is 10.8 Å². The quantitative estimate of drug-likeness (QED) is 0.475. The van der Waals surface area contributed by atoms with Crippen LogP contribution in [0.2, 0.25) is 0 Å². The minimum absolute atomic E-state index is 0.429. The minimum Gasteiger partial charge on any atom is -0.480 e. The summed E-state index contributed by atoms with van der Waals surface area (Å²) in [7, 11) is 0. The minimum atomic E-state index is -0.959. The van der Waals surface area contributed by atoms with Crippen molar-refractivity contribution < 1.29 is 9.90 Å². The Balaban J connectivity index is 0. The van der Waals surface area contributed by atoms with Crippen LogP contribution in [0.15, 0.2) is 0 Å². The molecule has 0 radical (unpaired) electrons. The van der Waals surface area contributed by atoms with Gasteiger partial charge in [0.1, 0.15) is 6.04 Å². The van der Waals surface area contributed by atoms with Crippen molar-refractivity contribution in [1.29, 1.82) is 0 Å². The Bertz CT molecular complexity index is 89.7. The molecule has 5 heteroatoms. The van der Waals surface area contributed by atoms with Crippen molar-refractivity contribution in [3.8, 4) is 0 Å². The lowest BCUT2D eigenvalue weighted by Crippen LogP contribution is -2.30. The van der Waals surface area contributed by atoms with Gasteiger partial charge < -0.3 is 10.8 Å². The van der Waals surface area contributed by atoms with E-state index in [9.17, 15) is 4.79 Å². The van der Waals surface area contributed by atoms with Crippen molar-refractivity contribution >= 4 is 31.2 Å². The second-order valence-corrected chi connectivity index (χ2v) is 1.90. The number of carboxylic acid groups (broad SMARTS) is 1. The SMILES string of the molecule is CS.N[C@@H](CCS)C(=O)O. The summed E-state index contributed by atoms with van der Waals surface area (Å²) in [5.74, 6) is -0.438. The highest BCUT2D eigenvalue weighted by Gasteiger charge is 2.08. The van der Waals surface area contributed by atoms with Gasteiger partial charge in [-0.2, -0.15) is 25.3 Å². The maximum atomic E-state index is 9.93. The van der Waals surface area contributed by atoms with Gasteiger partial charge in [0.05, 0.1) is 0 Å². The molecule has 0 aromatic rings. The van der Waals surface area contributed by atoms with E-state index >= 15 is 0 Å². The highest BCUT2D eigenvalue weighted by molar-refractivity contribution is 7.80. The fraction of sp³-hybridized carbons (Fsp3) is 0.800. The molecule has 0 saturated carbocycles. The van der Waals surface area contributed by atoms with E-state index in [1.165, 1.54) is 0 Å². The summed E-state index contributed by atoms with van der Waals surface area (Å²) in [5, 5.41) is 8.15. The fourth-order valence-corrected chi connectivity index (χ4v) is 0.541. The average molecular weight is 183 g/mol. The summed E-state index contributed by atoms with van der Waals surface area (Å²) in [6.45, 7) is 0. The topological polar surface area (TPSA) is 63.3 Å². The van der Waals surface area contributed by atoms with Gasteiger partial charge in [-0.15, -0.1) is 0 Å². The molecule has 0 aliphatic heterocycles. The molecule has 0 amide bonds. The zero-order valence-corrected chi connectivity index (χ0v) is 7.61. The number of carboxylic acids is 1. The first kappa shape index (κ1) is 12.8. The largest absolute Gasteiger partial charge is 0.480 e. The van der Waals surface area contributed by atoms with E-state index in [-0.39, 0.29) is 0 Å². The molecular formula is C5H13NO2S2. The standard InChI is InChI=1S/C4H9NO2S.CH4S/c5-3(1-2-8)4(6)7;1-2/h3,8H,1-2,5H2,(H,6,7);2H,1H3/t3-;/m0./s1. The van der Waals surface area contributed by atoms with Gasteiger partial charge in [0, 0.05) is 0 Å². The van der Waals surface area contributed by atoms with E-state index < -0.39 is 12.0 Å². The van der Waals surface area contributed by atoms with Crippen LogP contribution in [0.1, 0.15) is 6.42 Å². The Kier molecular flexibility index (Phi) is 11.7. The highest BCUT2D eigenvalue weighted by Crippen LogP contribution is 1.88. The van der Waals surface area contributed by atoms with Gasteiger partial charge in [-0.05, 0) is 18.4 Å². The van der Waals surface area contributed by atoms with Crippen LogP contribution in [0.3, 0.4) is 0 Å². The molecule has 0 heterocycles. The summed E-state index contributed by atoms with van der Waals surface area (Å²) < 4.78 is 0. The Morgan fingerprint density at radius 3 is 2.20 bits per heavy atom. The molecule has 0 saturated heterocycles. The van der Waals surface area contributed by atoms with Gasteiger partial charge in [-0.3, -0.25) is 4.79 Å². The van der Waals surface area contributed by atoms with Gasteiger partial charge in [0.2, 0.25) is 0 Å². The van der Waals surface area contributed by atoms with Crippen molar-refractivity contribution in [3.05, 3.63) is 0 Å². The van der Waals surface area contributed by atoms with Crippen LogP contribution in [0.4, 0.5) is 0 Å². The van der Waals surface area contributed by atoms with Crippen LogP contribution in [-0.4, -0.2) is 29.1 Å². The lowest BCUT2D eigenvalue weighted by Gasteiger charge is -2.00. The van der Waals surface area contributed by atoms with Crippen molar-refractivity contribution in [1.82, 2.24) is 0 Å². The van der Waals surface area contributed by atoms with Crippen LogP contribution < -0.4 is 5.73 Å². The number of aliphatic carboxylic acids is 1. The van der Waals surface area contributed by atoms with Crippen molar-refractivity contribution in [2.45, 2.75) is 12.5 Å². The highest BCUT2D eigenvalue weighted by atomic mass is 32.1. The van der Waals surface area contributed by atoms with Gasteiger partial charge >= 0.3 is 5.97 Å². The lowest BCUT2D eigenvalue weighted by atomic mass is 10.2. The monoisotopic (exact) mass is 183 g/mol. The van der Waals surface area contributed by atoms with Gasteiger partial charge in [0.25, 0.3) is 0 Å². The molecule has 1 atom stereocenters. The van der Waals surface area contributed by atoms with Crippen LogP contribution in [0, 0.1) is 0 Å². The second-order valence-electron chi connectivity index (χ2n) is 1.46. The zero-order chi connectivity index (χ0) is 8.57. The molecule has 0 aromatic carbocycles. The summed E-state index contributed by atoms with van der Waals surface area (Å²) >= 11 is 7.34. The first-order chi connectivity index (χ1) is 4.68. The molecule has 0 aliphatic rings. The smallest absolute Gasteiger partial charge is 0.320 e. The van der Waals surface area contributed by atoms with Crippen LogP contribution in [0.25, 0.3) is 0 Å². The number of nitrogens with two attached hydrogens (primary N) is 1. The summed E-state index contributed by atoms with van der Waals surface area (Å²) in [4.78, 5) is 9.93. The van der Waals surface area contributed by atoms with E-state index in [0.29, 0.717) is 12.2 Å². The fourth-order valence-electron chi connectivity index (χ4n) is 0.263. The number of carbonyl (C=O) groups is 1.